The predicted octanol–water partition coefficient (Wildman–Crippen LogP) is -1.15. The van der Waals surface area contributed by atoms with E-state index in [1.165, 1.54) is 0 Å². The fourth-order valence-corrected chi connectivity index (χ4v) is 1.43. The molecule has 1 aliphatic heterocycles. The van der Waals surface area contributed by atoms with Crippen molar-refractivity contribution in [2.75, 3.05) is 36.9 Å². The standard InChI is InChI=1S/C7H12N4O3/c8-6-7(10-14-9-6)11-1-2-13-5(3-11)4-12/h5,12H,1-4H2,(H2,8,9). The largest absolute Gasteiger partial charge is 0.394 e. The summed E-state index contributed by atoms with van der Waals surface area (Å²) in [6.45, 7) is 1.75. The SMILES string of the molecule is Nc1nonc1N1CCOC(CO)C1. The number of rotatable bonds is 2. The molecule has 1 atom stereocenters. The Bertz CT molecular complexity index is 303. The Hall–Kier alpha value is -1.34. The maximum Gasteiger partial charge on any atom is 0.217 e. The Labute approximate surface area is 80.4 Å². The second-order valence-corrected chi connectivity index (χ2v) is 3.09. The molecule has 78 valence electrons. The molecule has 3 N–H and O–H groups in total. The van der Waals surface area contributed by atoms with Gasteiger partial charge in [-0.25, -0.2) is 4.63 Å². The molecule has 1 aromatic rings. The summed E-state index contributed by atoms with van der Waals surface area (Å²) in [6, 6.07) is 0. The molecular weight excluding hydrogens is 188 g/mol. The third-order valence-corrected chi connectivity index (χ3v) is 2.14. The highest BCUT2D eigenvalue weighted by Gasteiger charge is 2.23. The van der Waals surface area contributed by atoms with Gasteiger partial charge in [-0.1, -0.05) is 0 Å². The molecule has 7 heteroatoms. The number of nitrogen functional groups attached to an aromatic ring is 1. The van der Waals surface area contributed by atoms with E-state index in [0.29, 0.717) is 25.5 Å². The molecule has 0 aliphatic carbocycles. The summed E-state index contributed by atoms with van der Waals surface area (Å²) in [6.07, 6.45) is -0.195. The fraction of sp³-hybridized carbons (Fsp3) is 0.714. The molecule has 1 saturated heterocycles. The van der Waals surface area contributed by atoms with Crippen molar-refractivity contribution in [1.82, 2.24) is 10.3 Å². The van der Waals surface area contributed by atoms with Crippen molar-refractivity contribution in [1.29, 1.82) is 0 Å². The maximum atomic E-state index is 8.93. The molecule has 1 fully saturated rings. The zero-order valence-corrected chi connectivity index (χ0v) is 7.59. The Morgan fingerprint density at radius 2 is 2.43 bits per heavy atom. The minimum absolute atomic E-state index is 0.0122. The number of anilines is 2. The Morgan fingerprint density at radius 1 is 1.57 bits per heavy atom. The summed E-state index contributed by atoms with van der Waals surface area (Å²) in [5.41, 5.74) is 5.55. The van der Waals surface area contributed by atoms with Crippen molar-refractivity contribution in [3.63, 3.8) is 0 Å². The average Bonchev–Trinajstić information content (AvgIpc) is 2.65. The monoisotopic (exact) mass is 200 g/mol. The minimum Gasteiger partial charge on any atom is -0.394 e. The number of aromatic nitrogens is 2. The number of hydrogen-bond donors (Lipinski definition) is 2. The molecule has 0 amide bonds. The van der Waals surface area contributed by atoms with E-state index in [2.05, 4.69) is 14.9 Å². The van der Waals surface area contributed by atoms with Crippen LogP contribution < -0.4 is 10.6 Å². The highest BCUT2D eigenvalue weighted by Crippen LogP contribution is 2.19. The summed E-state index contributed by atoms with van der Waals surface area (Å²) in [7, 11) is 0. The van der Waals surface area contributed by atoms with E-state index in [0.717, 1.165) is 0 Å². The lowest BCUT2D eigenvalue weighted by Crippen LogP contribution is -2.44. The van der Waals surface area contributed by atoms with Crippen LogP contribution in [0, 0.1) is 0 Å². The third-order valence-electron chi connectivity index (χ3n) is 2.14. The summed E-state index contributed by atoms with van der Waals surface area (Å²) < 4.78 is 9.78. The molecular formula is C7H12N4O3. The van der Waals surface area contributed by atoms with E-state index < -0.39 is 0 Å². The average molecular weight is 200 g/mol. The Kier molecular flexibility index (Phi) is 2.51. The first-order valence-electron chi connectivity index (χ1n) is 4.36. The van der Waals surface area contributed by atoms with Crippen LogP contribution >= 0.6 is 0 Å². The smallest absolute Gasteiger partial charge is 0.217 e. The van der Waals surface area contributed by atoms with Crippen LogP contribution in [0.3, 0.4) is 0 Å². The van der Waals surface area contributed by atoms with E-state index >= 15 is 0 Å². The normalized spacial score (nSPS) is 22.6. The lowest BCUT2D eigenvalue weighted by atomic mass is 10.3. The molecule has 1 aromatic heterocycles. The first-order valence-corrected chi connectivity index (χ1v) is 4.36. The molecule has 0 spiro atoms. The van der Waals surface area contributed by atoms with Gasteiger partial charge in [0.2, 0.25) is 11.6 Å². The van der Waals surface area contributed by atoms with Crippen LogP contribution in [-0.2, 0) is 4.74 Å². The molecule has 0 radical (unpaired) electrons. The first kappa shape index (κ1) is 9.22. The van der Waals surface area contributed by atoms with Crippen LogP contribution in [0.2, 0.25) is 0 Å². The lowest BCUT2D eigenvalue weighted by Gasteiger charge is -2.31. The van der Waals surface area contributed by atoms with E-state index in [1.807, 2.05) is 4.90 Å². The Morgan fingerprint density at radius 3 is 3.07 bits per heavy atom. The molecule has 1 aliphatic rings. The van der Waals surface area contributed by atoms with Crippen molar-refractivity contribution in [2.24, 2.45) is 0 Å². The van der Waals surface area contributed by atoms with Gasteiger partial charge in [-0.2, -0.15) is 0 Å². The summed E-state index contributed by atoms with van der Waals surface area (Å²) in [4.78, 5) is 1.89. The van der Waals surface area contributed by atoms with Gasteiger partial charge in [0, 0.05) is 13.1 Å². The molecule has 14 heavy (non-hydrogen) atoms. The summed E-state index contributed by atoms with van der Waals surface area (Å²) in [5.74, 6) is 0.787. The number of nitrogens with zero attached hydrogens (tertiary/aromatic N) is 3. The molecule has 0 aromatic carbocycles. The van der Waals surface area contributed by atoms with Gasteiger partial charge >= 0.3 is 0 Å². The number of ether oxygens (including phenoxy) is 1. The number of morpholine rings is 1. The second kappa shape index (κ2) is 3.81. The highest BCUT2D eigenvalue weighted by molar-refractivity contribution is 5.56. The number of nitrogens with two attached hydrogens (primary N) is 1. The van der Waals surface area contributed by atoms with Gasteiger partial charge in [-0.05, 0) is 10.3 Å². The van der Waals surface area contributed by atoms with Gasteiger partial charge in [-0.3, -0.25) is 0 Å². The van der Waals surface area contributed by atoms with Crippen molar-refractivity contribution in [3.05, 3.63) is 0 Å². The third kappa shape index (κ3) is 1.64. The number of aliphatic hydroxyl groups excluding tert-OH is 1. The molecule has 1 unspecified atom stereocenters. The van der Waals surface area contributed by atoms with Gasteiger partial charge in [0.15, 0.2) is 0 Å². The van der Waals surface area contributed by atoms with Gasteiger partial charge in [0.25, 0.3) is 0 Å². The van der Waals surface area contributed by atoms with Gasteiger partial charge in [0.05, 0.1) is 19.3 Å². The molecule has 7 nitrogen and oxygen atoms in total. The van der Waals surface area contributed by atoms with E-state index in [4.69, 9.17) is 15.6 Å². The van der Waals surface area contributed by atoms with E-state index in [1.54, 1.807) is 0 Å². The van der Waals surface area contributed by atoms with Crippen LogP contribution in [-0.4, -0.2) is 47.8 Å². The second-order valence-electron chi connectivity index (χ2n) is 3.09. The van der Waals surface area contributed by atoms with Gasteiger partial charge in [0.1, 0.15) is 0 Å². The van der Waals surface area contributed by atoms with Crippen molar-refractivity contribution in [3.8, 4) is 0 Å². The number of hydrogen-bond acceptors (Lipinski definition) is 7. The zero-order valence-electron chi connectivity index (χ0n) is 7.59. The summed E-state index contributed by atoms with van der Waals surface area (Å²) >= 11 is 0. The maximum absolute atomic E-state index is 8.93. The highest BCUT2D eigenvalue weighted by atomic mass is 16.6. The first-order chi connectivity index (χ1) is 6.81. The molecule has 2 heterocycles. The van der Waals surface area contributed by atoms with Crippen LogP contribution in [0.25, 0.3) is 0 Å². The van der Waals surface area contributed by atoms with Crippen LogP contribution in [0.5, 0.6) is 0 Å². The molecule has 2 rings (SSSR count). The van der Waals surface area contributed by atoms with Crippen LogP contribution in [0.1, 0.15) is 0 Å². The predicted molar refractivity (Wildman–Crippen MR) is 47.7 cm³/mol. The lowest BCUT2D eigenvalue weighted by molar-refractivity contribution is 0.00325. The van der Waals surface area contributed by atoms with Gasteiger partial charge in [-0.15, -0.1) is 0 Å². The minimum atomic E-state index is -0.195. The van der Waals surface area contributed by atoms with Crippen LogP contribution in [0.4, 0.5) is 11.6 Å². The quantitative estimate of drug-likeness (QED) is 0.622. The van der Waals surface area contributed by atoms with Crippen LogP contribution in [0.15, 0.2) is 4.63 Å². The van der Waals surface area contributed by atoms with Crippen molar-refractivity contribution < 1.29 is 14.5 Å². The summed E-state index contributed by atoms with van der Waals surface area (Å²) in [5, 5.41) is 16.1. The molecule has 0 saturated carbocycles. The topological polar surface area (TPSA) is 97.6 Å². The Balaban J connectivity index is 2.08. The van der Waals surface area contributed by atoms with E-state index in [9.17, 15) is 0 Å². The van der Waals surface area contributed by atoms with Crippen molar-refractivity contribution in [2.45, 2.75) is 6.10 Å². The fourth-order valence-electron chi connectivity index (χ4n) is 1.43. The van der Waals surface area contributed by atoms with Crippen molar-refractivity contribution >= 4 is 11.6 Å². The van der Waals surface area contributed by atoms with Gasteiger partial charge < -0.3 is 20.5 Å². The molecule has 0 bridgehead atoms. The van der Waals surface area contributed by atoms with E-state index in [-0.39, 0.29) is 18.5 Å². The zero-order chi connectivity index (χ0) is 9.97. The number of aliphatic hydroxyl groups is 1.